The van der Waals surface area contributed by atoms with Crippen LogP contribution in [0.3, 0.4) is 0 Å². The predicted molar refractivity (Wildman–Crippen MR) is 72.1 cm³/mol. The van der Waals surface area contributed by atoms with Gasteiger partial charge in [0.1, 0.15) is 0 Å². The van der Waals surface area contributed by atoms with Gasteiger partial charge in [-0.2, -0.15) is 0 Å². The van der Waals surface area contributed by atoms with Crippen molar-refractivity contribution >= 4 is 38.5 Å². The first-order valence-electron chi connectivity index (χ1n) is 5.28. The lowest BCUT2D eigenvalue weighted by Gasteiger charge is -2.04. The normalized spacial score (nSPS) is 12.2. The summed E-state index contributed by atoms with van der Waals surface area (Å²) in [7, 11) is 0. The Labute approximate surface area is 115 Å². The molecule has 0 radical (unpaired) electrons. The highest BCUT2D eigenvalue weighted by molar-refractivity contribution is 9.10. The third-order valence-corrected chi connectivity index (χ3v) is 3.19. The SMILES string of the molecule is Nc1nonc1/C(=N/O)n1ccc2cc(Br)ccc21. The largest absolute Gasteiger partial charge is 0.409 e. The topological polar surface area (TPSA) is 102 Å². The highest BCUT2D eigenvalue weighted by Crippen LogP contribution is 2.22. The first kappa shape index (κ1) is 11.7. The molecule has 0 aliphatic rings. The van der Waals surface area contributed by atoms with Gasteiger partial charge in [0.15, 0.2) is 11.5 Å². The molecule has 0 saturated carbocycles. The van der Waals surface area contributed by atoms with Crippen molar-refractivity contribution in [2.24, 2.45) is 5.16 Å². The van der Waals surface area contributed by atoms with E-state index in [-0.39, 0.29) is 17.3 Å². The Morgan fingerprint density at radius 2 is 2.21 bits per heavy atom. The number of anilines is 1. The van der Waals surface area contributed by atoms with Gasteiger partial charge in [-0.05, 0) is 34.6 Å². The molecule has 0 bridgehead atoms. The van der Waals surface area contributed by atoms with Crippen molar-refractivity contribution < 1.29 is 9.84 Å². The van der Waals surface area contributed by atoms with Crippen molar-refractivity contribution in [2.45, 2.75) is 0 Å². The van der Waals surface area contributed by atoms with Crippen LogP contribution >= 0.6 is 15.9 Å². The minimum Gasteiger partial charge on any atom is -0.409 e. The van der Waals surface area contributed by atoms with Crippen molar-refractivity contribution in [1.82, 2.24) is 14.9 Å². The van der Waals surface area contributed by atoms with E-state index >= 15 is 0 Å². The number of hydrogen-bond donors (Lipinski definition) is 2. The van der Waals surface area contributed by atoms with Crippen LogP contribution in [0, 0.1) is 0 Å². The molecule has 0 saturated heterocycles. The molecule has 7 nitrogen and oxygen atoms in total. The van der Waals surface area contributed by atoms with Crippen molar-refractivity contribution in [3.63, 3.8) is 0 Å². The number of nitrogen functional groups attached to an aromatic ring is 1. The van der Waals surface area contributed by atoms with Crippen LogP contribution in [0.1, 0.15) is 5.69 Å². The number of nitrogens with zero attached hydrogens (tertiary/aromatic N) is 4. The average Bonchev–Trinajstić information content (AvgIpc) is 2.98. The van der Waals surface area contributed by atoms with Gasteiger partial charge >= 0.3 is 0 Å². The zero-order valence-electron chi connectivity index (χ0n) is 9.49. The van der Waals surface area contributed by atoms with Crippen molar-refractivity contribution in [2.75, 3.05) is 5.73 Å². The summed E-state index contributed by atoms with van der Waals surface area (Å²) < 4.78 is 7.13. The summed E-state index contributed by atoms with van der Waals surface area (Å²) in [5.41, 5.74) is 6.64. The van der Waals surface area contributed by atoms with Crippen LogP contribution in [-0.2, 0) is 0 Å². The van der Waals surface area contributed by atoms with Gasteiger partial charge in [0.25, 0.3) is 0 Å². The molecule has 8 heteroatoms. The van der Waals surface area contributed by atoms with Crippen LogP contribution in [0.25, 0.3) is 10.9 Å². The molecule has 3 N–H and O–H groups in total. The van der Waals surface area contributed by atoms with E-state index in [0.717, 1.165) is 15.4 Å². The highest BCUT2D eigenvalue weighted by atomic mass is 79.9. The fourth-order valence-corrected chi connectivity index (χ4v) is 2.24. The average molecular weight is 322 g/mol. The number of fused-ring (bicyclic) bond motifs is 1. The van der Waals surface area contributed by atoms with Gasteiger partial charge in [-0.25, -0.2) is 4.63 Å². The lowest BCUT2D eigenvalue weighted by molar-refractivity contribution is 0.304. The third kappa shape index (κ3) is 1.85. The van der Waals surface area contributed by atoms with E-state index in [1.165, 1.54) is 0 Å². The molecule has 2 heterocycles. The molecule has 0 amide bonds. The fourth-order valence-electron chi connectivity index (χ4n) is 1.86. The van der Waals surface area contributed by atoms with Gasteiger partial charge < -0.3 is 10.9 Å². The summed E-state index contributed by atoms with van der Waals surface area (Å²) in [6, 6.07) is 7.60. The molecule has 0 unspecified atom stereocenters. The molecule has 2 aromatic heterocycles. The summed E-state index contributed by atoms with van der Waals surface area (Å²) in [5, 5.41) is 20.5. The van der Waals surface area contributed by atoms with Crippen molar-refractivity contribution in [1.29, 1.82) is 0 Å². The number of hydrogen-bond acceptors (Lipinski definition) is 6. The fraction of sp³-hybridized carbons (Fsp3) is 0. The van der Waals surface area contributed by atoms with Crippen LogP contribution in [0.2, 0.25) is 0 Å². The second kappa shape index (κ2) is 4.39. The summed E-state index contributed by atoms with van der Waals surface area (Å²) in [4.78, 5) is 0. The van der Waals surface area contributed by atoms with Crippen LogP contribution < -0.4 is 5.73 Å². The molecule has 96 valence electrons. The number of benzene rings is 1. The maximum Gasteiger partial charge on any atom is 0.210 e. The van der Waals surface area contributed by atoms with E-state index in [4.69, 9.17) is 5.73 Å². The van der Waals surface area contributed by atoms with Gasteiger partial charge in [0.2, 0.25) is 5.84 Å². The first-order chi connectivity index (χ1) is 9.20. The molecule has 3 rings (SSSR count). The van der Waals surface area contributed by atoms with E-state index in [1.54, 1.807) is 10.8 Å². The van der Waals surface area contributed by atoms with E-state index < -0.39 is 0 Å². The van der Waals surface area contributed by atoms with E-state index in [2.05, 4.69) is 36.0 Å². The third-order valence-electron chi connectivity index (χ3n) is 2.70. The highest BCUT2D eigenvalue weighted by Gasteiger charge is 2.18. The van der Waals surface area contributed by atoms with E-state index in [1.807, 2.05) is 24.3 Å². The summed E-state index contributed by atoms with van der Waals surface area (Å²) in [5.74, 6) is 0.211. The summed E-state index contributed by atoms with van der Waals surface area (Å²) >= 11 is 3.40. The Balaban J connectivity index is 2.21. The quantitative estimate of drug-likeness (QED) is 0.309. The maximum absolute atomic E-state index is 9.20. The molecule has 0 aliphatic carbocycles. The Morgan fingerprint density at radius 3 is 2.89 bits per heavy atom. The van der Waals surface area contributed by atoms with Gasteiger partial charge in [-0.1, -0.05) is 21.1 Å². The minimum atomic E-state index is 0.0618. The van der Waals surface area contributed by atoms with Crippen molar-refractivity contribution in [3.8, 4) is 0 Å². The maximum atomic E-state index is 9.20. The number of rotatable bonds is 1. The Morgan fingerprint density at radius 1 is 1.37 bits per heavy atom. The van der Waals surface area contributed by atoms with Gasteiger partial charge in [0, 0.05) is 16.1 Å². The molecule has 19 heavy (non-hydrogen) atoms. The molecule has 3 aromatic rings. The summed E-state index contributed by atoms with van der Waals surface area (Å²) in [6.45, 7) is 0. The lowest BCUT2D eigenvalue weighted by Crippen LogP contribution is -2.14. The van der Waals surface area contributed by atoms with Crippen LogP contribution in [-0.4, -0.2) is 25.9 Å². The molecule has 0 fully saturated rings. The van der Waals surface area contributed by atoms with Gasteiger partial charge in [-0.15, -0.1) is 0 Å². The minimum absolute atomic E-state index is 0.0618. The second-order valence-electron chi connectivity index (χ2n) is 3.81. The molecule has 1 aromatic carbocycles. The monoisotopic (exact) mass is 321 g/mol. The first-order valence-corrected chi connectivity index (χ1v) is 6.07. The summed E-state index contributed by atoms with van der Waals surface area (Å²) in [6.07, 6.45) is 1.75. The molecular formula is C11H8BrN5O2. The smallest absolute Gasteiger partial charge is 0.210 e. The molecule has 0 atom stereocenters. The van der Waals surface area contributed by atoms with E-state index in [9.17, 15) is 5.21 Å². The Bertz CT molecular complexity index is 776. The molecule has 0 aliphatic heterocycles. The standard InChI is InChI=1S/C11H8BrN5O2/c12-7-1-2-8-6(5-7)3-4-17(8)11(14-18)9-10(13)16-19-15-9/h1-5,18H,(H2,13,16)/b14-11-. The van der Waals surface area contributed by atoms with Gasteiger partial charge in [0.05, 0.1) is 5.52 Å². The Kier molecular flexibility index (Phi) is 2.71. The zero-order valence-corrected chi connectivity index (χ0v) is 11.1. The number of oxime groups is 1. The number of aromatic nitrogens is 3. The van der Waals surface area contributed by atoms with Crippen LogP contribution in [0.4, 0.5) is 5.82 Å². The molecular weight excluding hydrogens is 314 g/mol. The Hall–Kier alpha value is -2.35. The predicted octanol–water partition coefficient (Wildman–Crippen LogP) is 2.05. The second-order valence-corrected chi connectivity index (χ2v) is 4.73. The van der Waals surface area contributed by atoms with Gasteiger partial charge in [-0.3, -0.25) is 4.57 Å². The van der Waals surface area contributed by atoms with E-state index in [0.29, 0.717) is 0 Å². The van der Waals surface area contributed by atoms with Crippen LogP contribution in [0.15, 0.2) is 44.7 Å². The lowest BCUT2D eigenvalue weighted by atomic mass is 10.2. The zero-order chi connectivity index (χ0) is 13.4. The van der Waals surface area contributed by atoms with Crippen molar-refractivity contribution in [3.05, 3.63) is 40.6 Å². The van der Waals surface area contributed by atoms with Crippen LogP contribution in [0.5, 0.6) is 0 Å². The molecule has 0 spiro atoms. The number of nitrogens with two attached hydrogens (primary N) is 1. The number of halogens is 1.